The maximum atomic E-state index is 13.4. The molecule has 1 aliphatic heterocycles. The molecule has 4 atom stereocenters. The molecule has 0 aromatic heterocycles. The molecule has 1 heterocycles. The Labute approximate surface area is 292 Å². The number of cyclic esters (lactones) is 1. The molecule has 3 rings (SSSR count). The second-order valence-corrected chi connectivity index (χ2v) is 24.7. The number of ether oxygens (including phenoxy) is 2. The molecule has 13 nitrogen and oxygen atoms in total. The number of para-hydroxylation sites is 1. The molecule has 1 fully saturated rings. The predicted molar refractivity (Wildman–Crippen MR) is 193 cm³/mol. The zero-order valence-electron chi connectivity index (χ0n) is 29.7. The number of aliphatic hydroxyl groups is 1. The average molecular weight is 763 g/mol. The van der Waals surface area contributed by atoms with Gasteiger partial charge in [0.15, 0.2) is 7.95 Å². The zero-order chi connectivity index (χ0) is 36.8. The topological polar surface area (TPSA) is 169 Å². The van der Waals surface area contributed by atoms with Crippen molar-refractivity contribution in [3.05, 3.63) is 64.3 Å². The highest BCUT2D eigenvalue weighted by atomic mass is 32.2. The minimum absolute atomic E-state index is 0.0784. The van der Waals surface area contributed by atoms with Gasteiger partial charge >= 0.3 is 13.7 Å². The number of fused-ring (bicyclic) bond motifs is 1. The van der Waals surface area contributed by atoms with Gasteiger partial charge in [-0.15, -0.1) is 0 Å². The number of carbonyl (C=O) groups is 1. The van der Waals surface area contributed by atoms with E-state index in [1.165, 1.54) is 19.1 Å². The second kappa shape index (κ2) is 17.1. The van der Waals surface area contributed by atoms with Crippen LogP contribution in [-0.2, 0) is 37.9 Å². The Kier molecular flexibility index (Phi) is 14.5. The van der Waals surface area contributed by atoms with Gasteiger partial charge in [-0.05, 0) is 74.1 Å². The Morgan fingerprint density at radius 3 is 2.45 bits per heavy atom. The summed E-state index contributed by atoms with van der Waals surface area (Å²) in [5, 5.41) is 12.2. The van der Waals surface area contributed by atoms with Crippen molar-refractivity contribution in [2.24, 2.45) is 5.92 Å². The van der Waals surface area contributed by atoms with Crippen molar-refractivity contribution in [3.63, 3.8) is 0 Å². The maximum Gasteiger partial charge on any atom is 0.444 e. The summed E-state index contributed by atoms with van der Waals surface area (Å²) in [5.74, 6) is -3.29. The SMILES string of the molecule is CCOP(=O)(O)N(Oc1ccccc1)[PH](=O)CCN(CC(C)=CCC1=C(CC)C(C)=C2COC(=O)C2C1(O)OCC[Si](C)(C)C)S(C)(=O)=O. The lowest BCUT2D eigenvalue weighted by Gasteiger charge is -2.40. The lowest BCUT2D eigenvalue weighted by molar-refractivity contribution is -0.205. The number of benzene rings is 1. The van der Waals surface area contributed by atoms with Gasteiger partial charge in [-0.1, -0.05) is 56.4 Å². The van der Waals surface area contributed by atoms with Crippen LogP contribution in [0, 0.1) is 5.92 Å². The molecule has 0 radical (unpaired) electrons. The van der Waals surface area contributed by atoms with E-state index >= 15 is 0 Å². The van der Waals surface area contributed by atoms with Gasteiger partial charge in [0.1, 0.15) is 18.3 Å². The summed E-state index contributed by atoms with van der Waals surface area (Å²) in [5.41, 5.74) is 3.62. The minimum atomic E-state index is -4.65. The molecule has 1 saturated heterocycles. The average Bonchev–Trinajstić information content (AvgIpc) is 3.40. The van der Waals surface area contributed by atoms with Gasteiger partial charge in [-0.2, -0.15) is 4.31 Å². The third kappa shape index (κ3) is 10.8. The van der Waals surface area contributed by atoms with Crippen LogP contribution >= 0.6 is 15.7 Å². The molecule has 0 amide bonds. The third-order valence-electron chi connectivity index (χ3n) is 8.40. The Morgan fingerprint density at radius 1 is 1.22 bits per heavy atom. The number of nitrogens with zero attached hydrogens (tertiary/aromatic N) is 2. The molecular formula is C32H52N2O11P2SSi. The van der Waals surface area contributed by atoms with E-state index in [2.05, 4.69) is 19.6 Å². The molecule has 0 saturated carbocycles. The first-order chi connectivity index (χ1) is 22.7. The third-order valence-corrected chi connectivity index (χ3v) is 15.1. The van der Waals surface area contributed by atoms with Crippen LogP contribution in [0.2, 0.25) is 25.7 Å². The zero-order valence-corrected chi connectivity index (χ0v) is 33.4. The monoisotopic (exact) mass is 762 g/mol. The number of allylic oxidation sites excluding steroid dienone is 3. The van der Waals surface area contributed by atoms with E-state index in [1.807, 2.05) is 13.8 Å². The van der Waals surface area contributed by atoms with Crippen LogP contribution in [0.4, 0.5) is 0 Å². The molecule has 0 bridgehead atoms. The highest BCUT2D eigenvalue weighted by molar-refractivity contribution is 7.88. The van der Waals surface area contributed by atoms with E-state index in [0.717, 1.165) is 27.8 Å². The number of hydrogen-bond acceptors (Lipinski definition) is 10. The Balaban J connectivity index is 1.86. The summed E-state index contributed by atoms with van der Waals surface area (Å²) < 4.78 is 70.2. The fraction of sp³-hybridized carbons (Fsp3) is 0.594. The van der Waals surface area contributed by atoms with Crippen molar-refractivity contribution < 1.29 is 51.2 Å². The van der Waals surface area contributed by atoms with E-state index in [1.54, 1.807) is 31.2 Å². The molecular weight excluding hydrogens is 710 g/mol. The predicted octanol–water partition coefficient (Wildman–Crippen LogP) is 5.75. The molecule has 2 N–H and O–H groups in total. The lowest BCUT2D eigenvalue weighted by atomic mass is 9.73. The summed E-state index contributed by atoms with van der Waals surface area (Å²) in [4.78, 5) is 29.0. The molecule has 2 aliphatic rings. The molecule has 1 aromatic carbocycles. The van der Waals surface area contributed by atoms with Crippen LogP contribution in [-0.4, -0.2) is 92.5 Å². The Morgan fingerprint density at radius 2 is 1.88 bits per heavy atom. The quantitative estimate of drug-likeness (QED) is 0.0438. The number of carbonyl (C=O) groups excluding carboxylic acids is 1. The summed E-state index contributed by atoms with van der Waals surface area (Å²) in [6.45, 7) is 13.6. The Hall–Kier alpha value is -1.90. The van der Waals surface area contributed by atoms with Gasteiger partial charge in [-0.3, -0.25) is 9.32 Å². The standard InChI is InChI=1S/C32H52N2O11P2SSi/c1-9-27-25(4)28-23-42-31(35)30(28)32(36,43-19-21-49(6,7)8)29(27)17-16-24(3)22-33(48(5,40)41)18-20-46(37)34(47(38,39)44-10-2)45-26-14-12-11-13-15-26/h11-16,30,36,46H,9-10,17-23H2,1-8H3,(H,38,39). The summed E-state index contributed by atoms with van der Waals surface area (Å²) in [6, 6.07) is 8.80. The van der Waals surface area contributed by atoms with Gasteiger partial charge in [0.25, 0.3) is 0 Å². The van der Waals surface area contributed by atoms with Crippen LogP contribution in [0.3, 0.4) is 0 Å². The first-order valence-electron chi connectivity index (χ1n) is 16.3. The van der Waals surface area contributed by atoms with Crippen molar-refractivity contribution in [2.45, 2.75) is 72.0 Å². The largest absolute Gasteiger partial charge is 0.460 e. The Bertz CT molecular complexity index is 1630. The van der Waals surface area contributed by atoms with Crippen molar-refractivity contribution in [2.75, 3.05) is 45.3 Å². The molecule has 4 unspecified atom stereocenters. The number of rotatable bonds is 19. The van der Waals surface area contributed by atoms with E-state index in [-0.39, 0.29) is 51.2 Å². The molecule has 1 aromatic rings. The smallest absolute Gasteiger partial charge is 0.444 e. The van der Waals surface area contributed by atoms with Crippen LogP contribution in [0.1, 0.15) is 40.5 Å². The first kappa shape index (κ1) is 41.5. The maximum absolute atomic E-state index is 13.4. The lowest BCUT2D eigenvalue weighted by Crippen LogP contribution is -2.49. The molecule has 0 spiro atoms. The second-order valence-electron chi connectivity index (χ2n) is 13.4. The van der Waals surface area contributed by atoms with E-state index in [9.17, 15) is 32.3 Å². The van der Waals surface area contributed by atoms with Gasteiger partial charge in [0.05, 0.1) is 12.9 Å². The van der Waals surface area contributed by atoms with E-state index in [0.29, 0.717) is 27.7 Å². The van der Waals surface area contributed by atoms with Gasteiger partial charge in [-0.25, -0.2) is 13.0 Å². The van der Waals surface area contributed by atoms with Gasteiger partial charge in [0, 0.05) is 38.5 Å². The number of hydrogen-bond donors (Lipinski definition) is 2. The summed E-state index contributed by atoms with van der Waals surface area (Å²) in [7, 11) is -13.2. The van der Waals surface area contributed by atoms with Gasteiger partial charge < -0.3 is 28.9 Å². The fourth-order valence-corrected chi connectivity index (χ4v) is 10.6. The highest BCUT2D eigenvalue weighted by Gasteiger charge is 2.55. The fourth-order valence-electron chi connectivity index (χ4n) is 5.76. The molecule has 49 heavy (non-hydrogen) atoms. The number of esters is 1. The first-order valence-corrected chi connectivity index (χ1v) is 25.0. The van der Waals surface area contributed by atoms with Crippen LogP contribution in [0.15, 0.2) is 64.3 Å². The minimum Gasteiger partial charge on any atom is -0.460 e. The van der Waals surface area contributed by atoms with Crippen molar-refractivity contribution in [1.29, 1.82) is 0 Å². The van der Waals surface area contributed by atoms with Crippen molar-refractivity contribution in [1.82, 2.24) is 8.91 Å². The van der Waals surface area contributed by atoms with Crippen LogP contribution in [0.5, 0.6) is 5.75 Å². The number of sulfonamides is 1. The van der Waals surface area contributed by atoms with Crippen molar-refractivity contribution >= 4 is 39.8 Å². The normalized spacial score (nSPS) is 22.4. The van der Waals surface area contributed by atoms with Crippen molar-refractivity contribution in [3.8, 4) is 5.75 Å². The van der Waals surface area contributed by atoms with E-state index in [4.69, 9.17) is 18.8 Å². The molecule has 17 heteroatoms. The molecule has 1 aliphatic carbocycles. The summed E-state index contributed by atoms with van der Waals surface area (Å²) in [6.07, 6.45) is 3.27. The van der Waals surface area contributed by atoms with Crippen LogP contribution < -0.4 is 4.84 Å². The summed E-state index contributed by atoms with van der Waals surface area (Å²) >= 11 is 0. The van der Waals surface area contributed by atoms with E-state index < -0.39 is 51.5 Å². The van der Waals surface area contributed by atoms with Crippen LogP contribution in [0.25, 0.3) is 0 Å². The highest BCUT2D eigenvalue weighted by Crippen LogP contribution is 2.55. The van der Waals surface area contributed by atoms with Gasteiger partial charge in [0.2, 0.25) is 15.8 Å². The molecule has 276 valence electrons.